The minimum absolute atomic E-state index is 0.146. The Hall–Kier alpha value is -4.90. The number of hydrogen-bond donors (Lipinski definition) is 1. The van der Waals surface area contributed by atoms with Crippen molar-refractivity contribution in [1.82, 2.24) is 14.9 Å². The Balaban J connectivity index is 1.37. The molecule has 5 rings (SSSR count). The predicted octanol–water partition coefficient (Wildman–Crippen LogP) is 7.13. The van der Waals surface area contributed by atoms with Crippen LogP contribution in [-0.2, 0) is 4.74 Å². The summed E-state index contributed by atoms with van der Waals surface area (Å²) in [6.07, 6.45) is 2.44. The van der Waals surface area contributed by atoms with Crippen LogP contribution >= 0.6 is 0 Å². The molecule has 1 amide bonds. The highest BCUT2D eigenvalue weighted by molar-refractivity contribution is 5.97. The first-order chi connectivity index (χ1) is 21.8. The third kappa shape index (κ3) is 7.98. The quantitative estimate of drug-likeness (QED) is 0.189. The van der Waals surface area contributed by atoms with E-state index < -0.39 is 18.0 Å². The summed E-state index contributed by atoms with van der Waals surface area (Å²) in [6, 6.07) is 20.7. The van der Waals surface area contributed by atoms with E-state index >= 15 is 4.39 Å². The molecule has 1 aliphatic rings. The van der Waals surface area contributed by atoms with Crippen molar-refractivity contribution in [1.29, 1.82) is 0 Å². The summed E-state index contributed by atoms with van der Waals surface area (Å²) in [6.45, 7) is 4.27. The van der Waals surface area contributed by atoms with Crippen molar-refractivity contribution in [3.05, 3.63) is 90.4 Å². The van der Waals surface area contributed by atoms with Crippen LogP contribution in [0.25, 0.3) is 0 Å². The number of carbonyl (C=O) groups is 1. The monoisotopic (exact) mass is 615 g/mol. The summed E-state index contributed by atoms with van der Waals surface area (Å²) in [5.41, 5.74) is 1.63. The lowest BCUT2D eigenvalue weighted by molar-refractivity contribution is 0.116. The number of piperidine rings is 1. The minimum atomic E-state index is -0.684. The predicted molar refractivity (Wildman–Crippen MR) is 170 cm³/mol. The molecule has 1 N–H and O–H groups in total. The van der Waals surface area contributed by atoms with E-state index in [1.165, 1.54) is 24.3 Å². The van der Waals surface area contributed by atoms with E-state index in [0.29, 0.717) is 35.4 Å². The average molecular weight is 616 g/mol. The topological polar surface area (TPSA) is 98.3 Å². The Morgan fingerprint density at radius 3 is 2.62 bits per heavy atom. The zero-order valence-corrected chi connectivity index (χ0v) is 25.9. The minimum Gasteiger partial charge on any atom is -0.497 e. The second-order valence-corrected chi connectivity index (χ2v) is 10.9. The standard InChI is InChI=1S/C34H38FN5O5/c1-23(25-10-6-5-7-11-25)45-34(41)40(29-14-13-27(42-3)20-31(29)43-4)32-16-17-36-33(38-32)37-26-12-15-30(28(35)19-26)44-22-24-9-8-18-39(2)21-24/h5-7,10-17,19-20,23-24H,8-9,18,21-22H2,1-4H3,(H,36,37,38)/t23-,24?/m0/s1. The average Bonchev–Trinajstić information content (AvgIpc) is 3.05. The molecule has 3 aromatic carbocycles. The van der Waals surface area contributed by atoms with E-state index in [2.05, 4.69) is 27.2 Å². The molecule has 0 bridgehead atoms. The molecule has 0 saturated carbocycles. The number of likely N-dealkylation sites (tertiary alicyclic amines) is 1. The van der Waals surface area contributed by atoms with Gasteiger partial charge < -0.3 is 29.2 Å². The van der Waals surface area contributed by atoms with Gasteiger partial charge in [-0.25, -0.2) is 19.1 Å². The molecule has 45 heavy (non-hydrogen) atoms. The molecule has 236 valence electrons. The molecule has 0 aliphatic carbocycles. The number of ether oxygens (including phenoxy) is 4. The first kappa shape index (κ1) is 31.5. The third-order valence-corrected chi connectivity index (χ3v) is 7.61. The largest absolute Gasteiger partial charge is 0.497 e. The highest BCUT2D eigenvalue weighted by atomic mass is 19.1. The van der Waals surface area contributed by atoms with Crippen LogP contribution in [0.1, 0.15) is 31.4 Å². The van der Waals surface area contributed by atoms with Crippen molar-refractivity contribution in [2.75, 3.05) is 51.2 Å². The van der Waals surface area contributed by atoms with E-state index in [0.717, 1.165) is 31.5 Å². The molecule has 2 heterocycles. The maximum atomic E-state index is 15.0. The van der Waals surface area contributed by atoms with Crippen LogP contribution in [0, 0.1) is 11.7 Å². The smallest absolute Gasteiger partial charge is 0.420 e. The van der Waals surface area contributed by atoms with E-state index in [1.54, 1.807) is 50.4 Å². The molecule has 2 atom stereocenters. The van der Waals surface area contributed by atoms with E-state index in [4.69, 9.17) is 18.9 Å². The lowest BCUT2D eigenvalue weighted by Crippen LogP contribution is -2.34. The summed E-state index contributed by atoms with van der Waals surface area (Å²) >= 11 is 0. The SMILES string of the molecule is COc1ccc(N(C(=O)O[C@@H](C)c2ccccc2)c2ccnc(Nc3ccc(OCC4CCCN(C)C4)c(F)c3)n2)c(OC)c1. The number of rotatable bonds is 11. The number of anilines is 4. The first-order valence-corrected chi connectivity index (χ1v) is 14.8. The zero-order valence-electron chi connectivity index (χ0n) is 25.9. The molecule has 11 heteroatoms. The van der Waals surface area contributed by atoms with Crippen LogP contribution in [0.3, 0.4) is 0 Å². The van der Waals surface area contributed by atoms with Gasteiger partial charge in [-0.1, -0.05) is 30.3 Å². The number of nitrogens with one attached hydrogen (secondary N) is 1. The zero-order chi connectivity index (χ0) is 31.8. The van der Waals surface area contributed by atoms with Crippen molar-refractivity contribution in [2.45, 2.75) is 25.9 Å². The van der Waals surface area contributed by atoms with Crippen molar-refractivity contribution < 1.29 is 28.1 Å². The molecule has 1 fully saturated rings. The summed E-state index contributed by atoms with van der Waals surface area (Å²) in [5, 5.41) is 3.03. The molecule has 4 aromatic rings. The van der Waals surface area contributed by atoms with Gasteiger partial charge in [0.2, 0.25) is 5.95 Å². The first-order valence-electron chi connectivity index (χ1n) is 14.8. The number of benzene rings is 3. The van der Waals surface area contributed by atoms with Crippen molar-refractivity contribution in [2.24, 2.45) is 5.92 Å². The highest BCUT2D eigenvalue weighted by Gasteiger charge is 2.27. The Morgan fingerprint density at radius 2 is 1.89 bits per heavy atom. The van der Waals surface area contributed by atoms with Gasteiger partial charge in [-0.2, -0.15) is 4.98 Å². The van der Waals surface area contributed by atoms with E-state index in [9.17, 15) is 4.79 Å². The number of halogens is 1. The summed E-state index contributed by atoms with van der Waals surface area (Å²) < 4.78 is 37.7. The van der Waals surface area contributed by atoms with Crippen LogP contribution in [0.4, 0.5) is 32.3 Å². The maximum absolute atomic E-state index is 15.0. The number of methoxy groups -OCH3 is 2. The van der Waals surface area contributed by atoms with Gasteiger partial charge in [0.15, 0.2) is 11.6 Å². The van der Waals surface area contributed by atoms with Crippen molar-refractivity contribution in [3.63, 3.8) is 0 Å². The Bertz CT molecular complexity index is 1590. The van der Waals surface area contributed by atoms with E-state index in [1.807, 2.05) is 30.3 Å². The van der Waals surface area contributed by atoms with Crippen LogP contribution in [0.5, 0.6) is 17.2 Å². The molecule has 1 saturated heterocycles. The maximum Gasteiger partial charge on any atom is 0.420 e. The van der Waals surface area contributed by atoms with Gasteiger partial charge in [-0.15, -0.1) is 0 Å². The fourth-order valence-corrected chi connectivity index (χ4v) is 5.26. The molecule has 0 radical (unpaired) electrons. The molecular weight excluding hydrogens is 577 g/mol. The number of hydrogen-bond acceptors (Lipinski definition) is 9. The van der Waals surface area contributed by atoms with E-state index in [-0.39, 0.29) is 17.5 Å². The molecule has 10 nitrogen and oxygen atoms in total. The Labute approximate surface area is 262 Å². The van der Waals surface area contributed by atoms with Gasteiger partial charge in [0.05, 0.1) is 26.5 Å². The van der Waals surface area contributed by atoms with Gasteiger partial charge in [-0.05, 0) is 63.2 Å². The normalized spacial score (nSPS) is 15.5. The molecule has 0 spiro atoms. The molecule has 1 unspecified atom stereocenters. The summed E-state index contributed by atoms with van der Waals surface area (Å²) in [7, 11) is 5.13. The fraction of sp³-hybridized carbons (Fsp3) is 0.324. The number of aromatic nitrogens is 2. The second kappa shape index (κ2) is 14.7. The van der Waals surface area contributed by atoms with Gasteiger partial charge >= 0.3 is 6.09 Å². The lowest BCUT2D eigenvalue weighted by Gasteiger charge is -2.29. The van der Waals surface area contributed by atoms with Crippen LogP contribution in [-0.4, -0.2) is 61.9 Å². The van der Waals surface area contributed by atoms with Gasteiger partial charge in [0.1, 0.15) is 23.4 Å². The van der Waals surface area contributed by atoms with Crippen LogP contribution in [0.15, 0.2) is 79.0 Å². The third-order valence-electron chi connectivity index (χ3n) is 7.61. The van der Waals surface area contributed by atoms with Crippen molar-refractivity contribution in [3.8, 4) is 17.2 Å². The Morgan fingerprint density at radius 1 is 1.07 bits per heavy atom. The van der Waals surface area contributed by atoms with Gasteiger partial charge in [0, 0.05) is 42.5 Å². The number of carbonyl (C=O) groups excluding carboxylic acids is 1. The van der Waals surface area contributed by atoms with Crippen LogP contribution in [0.2, 0.25) is 0 Å². The van der Waals surface area contributed by atoms with Gasteiger partial charge in [0.25, 0.3) is 0 Å². The molecular formula is C34H38FN5O5. The lowest BCUT2D eigenvalue weighted by atomic mass is 10.00. The number of amides is 1. The molecule has 1 aliphatic heterocycles. The van der Waals surface area contributed by atoms with Crippen molar-refractivity contribution >= 4 is 29.2 Å². The number of nitrogens with zero attached hydrogens (tertiary/aromatic N) is 4. The van der Waals surface area contributed by atoms with Crippen LogP contribution < -0.4 is 24.4 Å². The highest BCUT2D eigenvalue weighted by Crippen LogP contribution is 2.37. The summed E-state index contributed by atoms with van der Waals surface area (Å²) in [5.74, 6) is 1.33. The Kier molecular flexibility index (Phi) is 10.3. The molecule has 1 aromatic heterocycles. The van der Waals surface area contributed by atoms with Gasteiger partial charge in [-0.3, -0.25) is 0 Å². The summed E-state index contributed by atoms with van der Waals surface area (Å²) in [4.78, 5) is 26.2. The second-order valence-electron chi connectivity index (χ2n) is 10.9. The fourth-order valence-electron chi connectivity index (χ4n) is 5.26.